The lowest BCUT2D eigenvalue weighted by Crippen LogP contribution is -1.98. The third-order valence-corrected chi connectivity index (χ3v) is 2.99. The van der Waals surface area contributed by atoms with Crippen LogP contribution in [0.2, 0.25) is 5.02 Å². The van der Waals surface area contributed by atoms with Crippen LogP contribution in [0.1, 0.15) is 5.56 Å². The highest BCUT2D eigenvalue weighted by molar-refractivity contribution is 14.1. The van der Waals surface area contributed by atoms with Crippen molar-refractivity contribution in [1.29, 1.82) is 5.26 Å². The van der Waals surface area contributed by atoms with Gasteiger partial charge in [0.1, 0.15) is 0 Å². The number of benzene rings is 1. The lowest BCUT2D eigenvalue weighted by molar-refractivity contribution is 0.441. The van der Waals surface area contributed by atoms with Gasteiger partial charge in [0.15, 0.2) is 5.75 Å². The zero-order chi connectivity index (χ0) is 13.1. The Hall–Kier alpha value is -1.59. The molecule has 5 nitrogen and oxygen atoms in total. The minimum atomic E-state index is 0.147. The molecule has 0 aliphatic rings. The first kappa shape index (κ1) is 12.9. The van der Waals surface area contributed by atoms with Crippen LogP contribution in [-0.4, -0.2) is 9.97 Å². The van der Waals surface area contributed by atoms with E-state index in [9.17, 15) is 0 Å². The lowest BCUT2D eigenvalue weighted by atomic mass is 10.2. The number of hydrogen-bond donors (Lipinski definition) is 1. The van der Waals surface area contributed by atoms with Crippen LogP contribution in [0.4, 0.5) is 5.69 Å². The number of nitrogens with two attached hydrogens (primary N) is 1. The Morgan fingerprint density at radius 2 is 2.00 bits per heavy atom. The first-order valence-corrected chi connectivity index (χ1v) is 6.20. The number of aromatic nitrogens is 2. The maximum atomic E-state index is 8.81. The quantitative estimate of drug-likeness (QED) is 0.647. The highest BCUT2D eigenvalue weighted by Gasteiger charge is 2.11. The van der Waals surface area contributed by atoms with E-state index in [2.05, 4.69) is 9.97 Å². The molecule has 0 amide bonds. The van der Waals surface area contributed by atoms with Crippen LogP contribution in [0.3, 0.4) is 0 Å². The van der Waals surface area contributed by atoms with Crippen molar-refractivity contribution in [3.05, 3.63) is 38.7 Å². The van der Waals surface area contributed by atoms with Crippen LogP contribution < -0.4 is 10.5 Å². The number of halogens is 2. The van der Waals surface area contributed by atoms with Gasteiger partial charge in [-0.15, -0.1) is 0 Å². The van der Waals surface area contributed by atoms with Crippen LogP contribution in [0, 0.1) is 14.9 Å². The zero-order valence-corrected chi connectivity index (χ0v) is 11.8. The second-order valence-corrected chi connectivity index (χ2v) is 4.87. The van der Waals surface area contributed by atoms with Crippen molar-refractivity contribution in [1.82, 2.24) is 9.97 Å². The molecular weight excluding hydrogens is 367 g/mol. The Kier molecular flexibility index (Phi) is 3.84. The fourth-order valence-corrected chi connectivity index (χ4v) is 2.09. The van der Waals surface area contributed by atoms with Crippen molar-refractivity contribution in [2.45, 2.75) is 0 Å². The molecule has 0 aliphatic carbocycles. The van der Waals surface area contributed by atoms with E-state index in [1.165, 1.54) is 18.5 Å². The smallest absolute Gasteiger partial charge is 0.322 e. The van der Waals surface area contributed by atoms with E-state index in [1.807, 2.05) is 28.7 Å². The van der Waals surface area contributed by atoms with Crippen LogP contribution in [0.5, 0.6) is 11.8 Å². The normalized spacial score (nSPS) is 9.83. The van der Waals surface area contributed by atoms with Crippen molar-refractivity contribution in [2.75, 3.05) is 5.73 Å². The van der Waals surface area contributed by atoms with Crippen LogP contribution >= 0.6 is 34.2 Å². The minimum Gasteiger partial charge on any atom is -0.421 e. The Morgan fingerprint density at radius 1 is 1.33 bits per heavy atom. The summed E-state index contributed by atoms with van der Waals surface area (Å²) in [5.74, 6) is 0.428. The number of nitriles is 1. The molecule has 7 heteroatoms. The molecule has 0 fully saturated rings. The molecule has 0 atom stereocenters. The topological polar surface area (TPSA) is 84.8 Å². The number of nitrogens with zero attached hydrogens (tertiary/aromatic N) is 3. The number of rotatable bonds is 2. The highest BCUT2D eigenvalue weighted by atomic mass is 127. The summed E-state index contributed by atoms with van der Waals surface area (Å²) in [6.07, 6.45) is 2.85. The largest absolute Gasteiger partial charge is 0.421 e. The molecule has 0 radical (unpaired) electrons. The van der Waals surface area contributed by atoms with Gasteiger partial charge >= 0.3 is 6.01 Å². The van der Waals surface area contributed by atoms with Gasteiger partial charge in [-0.1, -0.05) is 11.6 Å². The van der Waals surface area contributed by atoms with Gasteiger partial charge in [-0.3, -0.25) is 0 Å². The van der Waals surface area contributed by atoms with Crippen molar-refractivity contribution >= 4 is 39.9 Å². The van der Waals surface area contributed by atoms with Crippen LogP contribution in [-0.2, 0) is 0 Å². The molecule has 2 aromatic rings. The minimum absolute atomic E-state index is 0.147. The summed E-state index contributed by atoms with van der Waals surface area (Å²) in [6.45, 7) is 0. The molecule has 0 unspecified atom stereocenters. The van der Waals surface area contributed by atoms with Crippen molar-refractivity contribution in [2.24, 2.45) is 0 Å². The molecule has 2 rings (SSSR count). The molecule has 0 saturated heterocycles. The SMILES string of the molecule is N#Cc1cc(N)c(Oc2ncc(Cl)cn2)c(I)c1. The molecule has 1 aromatic heterocycles. The molecule has 0 aliphatic heterocycles. The number of ether oxygens (including phenoxy) is 1. The summed E-state index contributed by atoms with van der Waals surface area (Å²) < 4.78 is 6.18. The molecule has 1 heterocycles. The van der Waals surface area contributed by atoms with E-state index >= 15 is 0 Å². The number of anilines is 1. The van der Waals surface area contributed by atoms with Gasteiger partial charge in [0.2, 0.25) is 0 Å². The summed E-state index contributed by atoms with van der Waals surface area (Å²) in [5.41, 5.74) is 6.64. The van der Waals surface area contributed by atoms with E-state index < -0.39 is 0 Å². The lowest BCUT2D eigenvalue weighted by Gasteiger charge is -2.09. The van der Waals surface area contributed by atoms with E-state index in [-0.39, 0.29) is 6.01 Å². The van der Waals surface area contributed by atoms with Crippen LogP contribution in [0.25, 0.3) is 0 Å². The first-order chi connectivity index (χ1) is 8.60. The second kappa shape index (κ2) is 5.37. The third kappa shape index (κ3) is 2.80. The maximum absolute atomic E-state index is 8.81. The van der Waals surface area contributed by atoms with Crippen molar-refractivity contribution < 1.29 is 4.74 Å². The fourth-order valence-electron chi connectivity index (χ4n) is 1.23. The second-order valence-electron chi connectivity index (χ2n) is 3.27. The Balaban J connectivity index is 2.35. The molecule has 18 heavy (non-hydrogen) atoms. The van der Waals surface area contributed by atoms with E-state index in [4.69, 9.17) is 27.3 Å². The van der Waals surface area contributed by atoms with Gasteiger partial charge in [0.25, 0.3) is 0 Å². The summed E-state index contributed by atoms with van der Waals surface area (Å²) in [5, 5.41) is 9.23. The Labute approximate surface area is 122 Å². The average molecular weight is 373 g/mol. The average Bonchev–Trinajstić information content (AvgIpc) is 2.35. The standard InChI is InChI=1S/C11H6ClIN4O/c12-7-4-16-11(17-5-7)18-10-8(13)1-6(3-14)2-9(10)15/h1-2,4-5H,15H2. The predicted octanol–water partition coefficient (Wildman–Crippen LogP) is 2.98. The Bertz CT molecular complexity index is 601. The predicted molar refractivity (Wildman–Crippen MR) is 75.4 cm³/mol. The van der Waals surface area contributed by atoms with Gasteiger partial charge < -0.3 is 10.5 Å². The fraction of sp³-hybridized carbons (Fsp3) is 0. The van der Waals surface area contributed by atoms with Crippen molar-refractivity contribution in [3.63, 3.8) is 0 Å². The molecule has 0 spiro atoms. The van der Waals surface area contributed by atoms with E-state index in [1.54, 1.807) is 6.07 Å². The van der Waals surface area contributed by atoms with Gasteiger partial charge in [-0.2, -0.15) is 5.26 Å². The molecule has 90 valence electrons. The molecule has 0 bridgehead atoms. The maximum Gasteiger partial charge on any atom is 0.322 e. The third-order valence-electron chi connectivity index (χ3n) is 1.99. The van der Waals surface area contributed by atoms with Gasteiger partial charge in [-0.05, 0) is 34.7 Å². The number of hydrogen-bond acceptors (Lipinski definition) is 5. The van der Waals surface area contributed by atoms with E-state index in [0.29, 0.717) is 25.6 Å². The molecule has 0 saturated carbocycles. The first-order valence-electron chi connectivity index (χ1n) is 4.74. The summed E-state index contributed by atoms with van der Waals surface area (Å²) in [4.78, 5) is 7.82. The summed E-state index contributed by atoms with van der Waals surface area (Å²) >= 11 is 7.70. The van der Waals surface area contributed by atoms with Gasteiger partial charge in [0, 0.05) is 0 Å². The molecule has 1 aromatic carbocycles. The zero-order valence-electron chi connectivity index (χ0n) is 8.89. The monoisotopic (exact) mass is 372 g/mol. The number of nitrogen functional groups attached to an aromatic ring is 1. The molecule has 2 N–H and O–H groups in total. The summed E-state index contributed by atoms with van der Waals surface area (Å²) in [7, 11) is 0. The van der Waals surface area contributed by atoms with E-state index in [0.717, 1.165) is 0 Å². The Morgan fingerprint density at radius 3 is 2.56 bits per heavy atom. The van der Waals surface area contributed by atoms with Gasteiger partial charge in [-0.25, -0.2) is 9.97 Å². The highest BCUT2D eigenvalue weighted by Crippen LogP contribution is 2.32. The summed E-state index contributed by atoms with van der Waals surface area (Å²) in [6, 6.07) is 5.37. The van der Waals surface area contributed by atoms with Crippen molar-refractivity contribution in [3.8, 4) is 17.8 Å². The van der Waals surface area contributed by atoms with Gasteiger partial charge in [0.05, 0.1) is 38.3 Å². The van der Waals surface area contributed by atoms with Crippen LogP contribution in [0.15, 0.2) is 24.5 Å². The molecular formula is C11H6ClIN4O.